The molecule has 0 aliphatic carbocycles. The minimum absolute atomic E-state index is 0.511. The molecule has 0 aliphatic heterocycles. The van der Waals surface area contributed by atoms with E-state index in [1.807, 2.05) is 28.1 Å². The minimum Gasteiger partial charge on any atom is -0.314 e. The monoisotopic (exact) mass is 400 g/mol. The van der Waals surface area contributed by atoms with Gasteiger partial charge < -0.3 is 4.48 Å². The molecule has 0 aromatic rings. The van der Waals surface area contributed by atoms with Crippen LogP contribution in [0.5, 0.6) is 0 Å². The summed E-state index contributed by atoms with van der Waals surface area (Å²) in [6.45, 7) is 4.24. The Balaban J connectivity index is 3.67. The smallest absolute Gasteiger partial charge is 0.314 e. The predicted molar refractivity (Wildman–Crippen MR) is 119 cm³/mol. The summed E-state index contributed by atoms with van der Waals surface area (Å²) < 4.78 is 24.3. The fourth-order valence-corrected chi connectivity index (χ4v) is 5.03. The molecule has 0 saturated heterocycles. The third-order valence-corrected chi connectivity index (χ3v) is 7.79. The zero-order valence-corrected chi connectivity index (χ0v) is 19.9. The molecule has 0 fully saturated rings. The van der Waals surface area contributed by atoms with Gasteiger partial charge in [0, 0.05) is 12.8 Å². The summed E-state index contributed by atoms with van der Waals surface area (Å²) in [5, 5.41) is -0.596. The summed E-state index contributed by atoms with van der Waals surface area (Å²) in [5.41, 5.74) is 0. The molecule has 0 spiro atoms. The molecule has 0 radical (unpaired) electrons. The van der Waals surface area contributed by atoms with E-state index in [2.05, 4.69) is 19.1 Å². The summed E-state index contributed by atoms with van der Waals surface area (Å²) in [7, 11) is 3.62. The third-order valence-electron chi connectivity index (χ3n) is 5.97. The minimum atomic E-state index is -2.41. The summed E-state index contributed by atoms with van der Waals surface area (Å²) >= 11 is 0. The second-order valence-electron chi connectivity index (χ2n) is 8.94. The van der Waals surface area contributed by atoms with E-state index >= 15 is 0 Å². The van der Waals surface area contributed by atoms with Crippen molar-refractivity contribution in [2.45, 2.75) is 115 Å². The van der Waals surface area contributed by atoms with Gasteiger partial charge in [-0.25, -0.2) is 9.13 Å². The highest BCUT2D eigenvalue weighted by Crippen LogP contribution is 2.43. The van der Waals surface area contributed by atoms with Crippen LogP contribution in [0.1, 0.15) is 110 Å². The Hall–Kier alpha value is -0.400. The first-order valence-electron chi connectivity index (χ1n) is 11.4. The van der Waals surface area contributed by atoms with Crippen molar-refractivity contribution in [3.63, 3.8) is 0 Å². The van der Waals surface area contributed by atoms with Gasteiger partial charge in [-0.2, -0.15) is 0 Å². The van der Waals surface area contributed by atoms with Crippen molar-refractivity contribution in [2.24, 2.45) is 0 Å². The lowest BCUT2D eigenvalue weighted by molar-refractivity contribution is -0.908. The largest absolute Gasteiger partial charge is 0.378 e. The van der Waals surface area contributed by atoms with Crippen molar-refractivity contribution in [3.8, 4) is 0 Å². The van der Waals surface area contributed by atoms with Crippen LogP contribution >= 0.6 is 7.68 Å². The first-order valence-corrected chi connectivity index (χ1v) is 12.6. The maximum Gasteiger partial charge on any atom is 0.378 e. The average Bonchev–Trinajstić information content (AvgIpc) is 2.60. The van der Waals surface area contributed by atoms with E-state index in [9.17, 15) is 9.13 Å². The maximum atomic E-state index is 11.9. The van der Waals surface area contributed by atoms with Crippen molar-refractivity contribution < 1.29 is 13.6 Å². The number of unbranched alkanes of at least 4 members (excludes halogenated alkanes) is 11. The summed E-state index contributed by atoms with van der Waals surface area (Å²) in [6.07, 6.45) is 22.8. The Bertz CT molecular complexity index is 444. The molecule has 0 aromatic heterocycles. The molecule has 0 bridgehead atoms. The van der Waals surface area contributed by atoms with E-state index in [-0.39, 0.29) is 0 Å². The summed E-state index contributed by atoms with van der Waals surface area (Å²) in [6, 6.07) is 0. The molecule has 0 N–H and O–H groups in total. The molecule has 0 saturated carbocycles. The maximum absolute atomic E-state index is 11.9. The molecule has 1 unspecified atom stereocenters. The highest BCUT2D eigenvalue weighted by atomic mass is 31.1. The molecular formula is C23H47NO2P+. The first-order chi connectivity index (χ1) is 12.8. The van der Waals surface area contributed by atoms with Crippen LogP contribution in [-0.2, 0) is 9.13 Å². The van der Waals surface area contributed by atoms with Gasteiger partial charge in [-0.3, -0.25) is 0 Å². The van der Waals surface area contributed by atoms with Gasteiger partial charge in [0.25, 0.3) is 0 Å². The Morgan fingerprint density at radius 2 is 1.15 bits per heavy atom. The van der Waals surface area contributed by atoms with Crippen molar-refractivity contribution in [2.75, 3.05) is 21.1 Å². The van der Waals surface area contributed by atoms with Gasteiger partial charge in [-0.1, -0.05) is 83.8 Å². The molecule has 0 rings (SSSR count). The number of allylic oxidation sites excluding steroid dienone is 2. The van der Waals surface area contributed by atoms with Gasteiger partial charge in [-0.15, -0.1) is 0 Å². The van der Waals surface area contributed by atoms with E-state index in [0.29, 0.717) is 10.9 Å². The van der Waals surface area contributed by atoms with Gasteiger partial charge in [0.15, 0.2) is 0 Å². The second-order valence-corrected chi connectivity index (χ2v) is 10.3. The van der Waals surface area contributed by atoms with Gasteiger partial charge >= 0.3 is 7.68 Å². The zero-order valence-electron chi connectivity index (χ0n) is 19.0. The van der Waals surface area contributed by atoms with Gasteiger partial charge in [0.2, 0.25) is 5.28 Å². The first kappa shape index (κ1) is 26.6. The van der Waals surface area contributed by atoms with Crippen molar-refractivity contribution in [3.05, 3.63) is 12.2 Å². The topological polar surface area (TPSA) is 34.1 Å². The fourth-order valence-electron chi connectivity index (χ4n) is 3.94. The quantitative estimate of drug-likeness (QED) is 0.101. The zero-order chi connectivity index (χ0) is 20.6. The lowest BCUT2D eigenvalue weighted by atomic mass is 10.0. The molecule has 27 heavy (non-hydrogen) atoms. The second kappa shape index (κ2) is 15.5. The van der Waals surface area contributed by atoms with Gasteiger partial charge in [0.1, 0.15) is 0 Å². The number of quaternary nitrogens is 1. The molecule has 4 heteroatoms. The molecular weight excluding hydrogens is 353 g/mol. The third kappa shape index (κ3) is 11.3. The average molecular weight is 401 g/mol. The molecule has 1 atom stereocenters. The molecule has 3 nitrogen and oxygen atoms in total. The van der Waals surface area contributed by atoms with Crippen LogP contribution in [0.15, 0.2) is 12.2 Å². The Labute approximate surface area is 170 Å². The standard InChI is InChI=1S/C23H47NO2P/c1-6-8-9-10-11-12-13-14-15-16-17-18-19-20-21-22-23(7-2,27(25)26)24(3,4)5/h9-10H,6-8,11-22H2,1-5H3/q+1. The van der Waals surface area contributed by atoms with Gasteiger partial charge in [-0.05, 0) is 25.7 Å². The van der Waals surface area contributed by atoms with Crippen LogP contribution in [0.3, 0.4) is 0 Å². The van der Waals surface area contributed by atoms with Crippen LogP contribution in [0, 0.1) is 0 Å². The number of hydrogen-bond donors (Lipinski definition) is 0. The molecule has 0 amide bonds. The fraction of sp³-hybridized carbons (Fsp3) is 0.913. The molecule has 0 aliphatic rings. The molecule has 160 valence electrons. The number of nitrogens with zero attached hydrogens (tertiary/aromatic N) is 1. The van der Waals surface area contributed by atoms with E-state index in [1.54, 1.807) is 0 Å². The van der Waals surface area contributed by atoms with Gasteiger partial charge in [0.05, 0.1) is 21.1 Å². The van der Waals surface area contributed by atoms with Crippen LogP contribution in [0.4, 0.5) is 0 Å². The van der Waals surface area contributed by atoms with Crippen LogP contribution in [-0.4, -0.2) is 30.9 Å². The van der Waals surface area contributed by atoms with E-state index in [0.717, 1.165) is 19.3 Å². The van der Waals surface area contributed by atoms with Crippen LogP contribution in [0.2, 0.25) is 0 Å². The van der Waals surface area contributed by atoms with E-state index in [1.165, 1.54) is 70.6 Å². The summed E-state index contributed by atoms with van der Waals surface area (Å²) in [4.78, 5) is 0. The van der Waals surface area contributed by atoms with Crippen molar-refractivity contribution in [1.82, 2.24) is 0 Å². The van der Waals surface area contributed by atoms with Crippen molar-refractivity contribution >= 4 is 7.68 Å². The molecule has 0 heterocycles. The Kier molecular flexibility index (Phi) is 15.3. The van der Waals surface area contributed by atoms with E-state index in [4.69, 9.17) is 0 Å². The predicted octanol–water partition coefficient (Wildman–Crippen LogP) is 8.01. The Morgan fingerprint density at radius 3 is 1.56 bits per heavy atom. The number of hydrogen-bond acceptors (Lipinski definition) is 2. The Morgan fingerprint density at radius 1 is 0.704 bits per heavy atom. The lowest BCUT2D eigenvalue weighted by Crippen LogP contribution is -2.53. The highest BCUT2D eigenvalue weighted by molar-refractivity contribution is 7.32. The van der Waals surface area contributed by atoms with Crippen LogP contribution < -0.4 is 0 Å². The summed E-state index contributed by atoms with van der Waals surface area (Å²) in [5.74, 6) is 0. The van der Waals surface area contributed by atoms with E-state index < -0.39 is 13.0 Å². The number of rotatable bonds is 18. The highest BCUT2D eigenvalue weighted by Gasteiger charge is 2.46. The molecule has 0 aromatic carbocycles. The normalized spacial score (nSPS) is 14.6. The SMILES string of the molecule is CCCC=CCCCCCCCCCCCCC(CC)(P(=O)=O)[N+](C)(C)C. The lowest BCUT2D eigenvalue weighted by Gasteiger charge is -2.40. The van der Waals surface area contributed by atoms with Crippen LogP contribution in [0.25, 0.3) is 0 Å². The van der Waals surface area contributed by atoms with Crippen molar-refractivity contribution in [1.29, 1.82) is 0 Å².